The van der Waals surface area contributed by atoms with Crippen LogP contribution in [0.1, 0.15) is 26.3 Å². The number of nitro groups is 1. The predicted molar refractivity (Wildman–Crippen MR) is 64.8 cm³/mol. The van der Waals surface area contributed by atoms with Crippen molar-refractivity contribution < 1.29 is 13.3 Å². The fraction of sp³-hybridized carbons (Fsp3) is 0.455. The average Bonchev–Trinajstić information content (AvgIpc) is 2.15. The van der Waals surface area contributed by atoms with Crippen LogP contribution >= 0.6 is 0 Å². The van der Waals surface area contributed by atoms with Crippen LogP contribution in [0.15, 0.2) is 23.1 Å². The second kappa shape index (κ2) is 4.10. The van der Waals surface area contributed by atoms with Gasteiger partial charge in [-0.05, 0) is 39.3 Å². The first kappa shape index (κ1) is 13.6. The van der Waals surface area contributed by atoms with Gasteiger partial charge in [-0.1, -0.05) is 6.07 Å². The smallest absolute Gasteiger partial charge is 0.258 e. The maximum atomic E-state index is 12.2. The zero-order chi connectivity index (χ0) is 13.4. The van der Waals surface area contributed by atoms with Gasteiger partial charge >= 0.3 is 0 Å². The van der Waals surface area contributed by atoms with Crippen molar-refractivity contribution in [3.63, 3.8) is 0 Å². The number of rotatable bonds is 2. The van der Waals surface area contributed by atoms with Crippen LogP contribution in [0.5, 0.6) is 0 Å². The van der Waals surface area contributed by atoms with Crippen LogP contribution in [0, 0.1) is 17.0 Å². The van der Waals surface area contributed by atoms with Crippen LogP contribution in [0.4, 0.5) is 5.69 Å². The summed E-state index contributed by atoms with van der Waals surface area (Å²) in [5.74, 6) is 0. The molecule has 1 aromatic carbocycles. The van der Waals surface area contributed by atoms with Crippen molar-refractivity contribution in [1.29, 1.82) is 0 Å². The second-order valence-electron chi connectivity index (χ2n) is 4.84. The number of nitro benzene ring substituents is 1. The summed E-state index contributed by atoms with van der Waals surface area (Å²) in [5.41, 5.74) is 0.296. The van der Waals surface area contributed by atoms with Crippen molar-refractivity contribution >= 4 is 15.5 Å². The topological polar surface area (TPSA) is 77.3 Å². The van der Waals surface area contributed by atoms with Crippen molar-refractivity contribution in [1.82, 2.24) is 0 Å². The van der Waals surface area contributed by atoms with E-state index in [0.717, 1.165) is 0 Å². The highest BCUT2D eigenvalue weighted by molar-refractivity contribution is 7.92. The Morgan fingerprint density at radius 3 is 2.18 bits per heavy atom. The minimum atomic E-state index is -3.71. The molecule has 0 aromatic heterocycles. The molecule has 17 heavy (non-hydrogen) atoms. The van der Waals surface area contributed by atoms with Crippen molar-refractivity contribution in [2.24, 2.45) is 0 Å². The molecule has 6 heteroatoms. The van der Waals surface area contributed by atoms with Gasteiger partial charge in [0, 0.05) is 6.07 Å². The molecule has 0 saturated heterocycles. The van der Waals surface area contributed by atoms with E-state index < -0.39 is 19.5 Å². The molecule has 0 radical (unpaired) electrons. The van der Waals surface area contributed by atoms with Gasteiger partial charge in [0.1, 0.15) is 4.90 Å². The average molecular weight is 257 g/mol. The van der Waals surface area contributed by atoms with Crippen LogP contribution in [0.3, 0.4) is 0 Å². The summed E-state index contributed by atoms with van der Waals surface area (Å²) in [6.45, 7) is 6.24. The molecule has 0 bridgehead atoms. The number of hydrogen-bond donors (Lipinski definition) is 0. The summed E-state index contributed by atoms with van der Waals surface area (Å²) >= 11 is 0. The van der Waals surface area contributed by atoms with Gasteiger partial charge in [-0.15, -0.1) is 0 Å². The van der Waals surface area contributed by atoms with Crippen LogP contribution in [-0.2, 0) is 9.84 Å². The van der Waals surface area contributed by atoms with E-state index in [-0.39, 0.29) is 10.6 Å². The monoisotopic (exact) mass is 257 g/mol. The maximum absolute atomic E-state index is 12.2. The van der Waals surface area contributed by atoms with Gasteiger partial charge in [0.2, 0.25) is 0 Å². The quantitative estimate of drug-likeness (QED) is 0.602. The van der Waals surface area contributed by atoms with Gasteiger partial charge in [-0.25, -0.2) is 8.42 Å². The standard InChI is InChI=1S/C11H15NO4S/c1-8-5-6-10(9(7-8)12(13)14)17(15,16)11(2,3)4/h5-7H,1-4H3. The third-order valence-corrected chi connectivity index (χ3v) is 4.94. The molecule has 5 nitrogen and oxygen atoms in total. The van der Waals surface area contributed by atoms with Gasteiger partial charge in [0.15, 0.2) is 9.84 Å². The molecule has 0 saturated carbocycles. The van der Waals surface area contributed by atoms with Crippen molar-refractivity contribution in [3.8, 4) is 0 Å². The lowest BCUT2D eigenvalue weighted by Gasteiger charge is -2.19. The number of aryl methyl sites for hydroxylation is 1. The molecule has 0 unspecified atom stereocenters. The molecule has 1 aromatic rings. The van der Waals surface area contributed by atoms with Gasteiger partial charge in [0.05, 0.1) is 9.67 Å². The van der Waals surface area contributed by atoms with Crippen molar-refractivity contribution in [3.05, 3.63) is 33.9 Å². The molecular weight excluding hydrogens is 242 g/mol. The van der Waals surface area contributed by atoms with E-state index >= 15 is 0 Å². The Kier molecular flexibility index (Phi) is 3.29. The van der Waals surface area contributed by atoms with E-state index in [1.165, 1.54) is 32.9 Å². The fourth-order valence-corrected chi connectivity index (χ4v) is 2.64. The van der Waals surface area contributed by atoms with E-state index in [9.17, 15) is 18.5 Å². The minimum absolute atomic E-state index is 0.222. The second-order valence-corrected chi connectivity index (χ2v) is 7.52. The molecule has 0 N–H and O–H groups in total. The third kappa shape index (κ3) is 2.46. The van der Waals surface area contributed by atoms with Gasteiger partial charge in [0.25, 0.3) is 5.69 Å². The number of hydrogen-bond acceptors (Lipinski definition) is 4. The highest BCUT2D eigenvalue weighted by Gasteiger charge is 2.36. The van der Waals surface area contributed by atoms with E-state index in [4.69, 9.17) is 0 Å². The molecule has 0 heterocycles. The van der Waals surface area contributed by atoms with E-state index in [2.05, 4.69) is 0 Å². The molecule has 94 valence electrons. The number of nitrogens with zero attached hydrogens (tertiary/aromatic N) is 1. The Balaban J connectivity index is 3.59. The van der Waals surface area contributed by atoms with Crippen LogP contribution < -0.4 is 0 Å². The molecule has 0 aliphatic heterocycles. The Labute approximate surface area is 101 Å². The van der Waals surface area contributed by atoms with E-state index in [1.807, 2.05) is 0 Å². The largest absolute Gasteiger partial charge is 0.288 e. The molecule has 0 spiro atoms. The Morgan fingerprint density at radius 2 is 1.76 bits per heavy atom. The third-order valence-electron chi connectivity index (χ3n) is 2.41. The number of benzene rings is 1. The van der Waals surface area contributed by atoms with Crippen LogP contribution in [-0.4, -0.2) is 18.1 Å². The van der Waals surface area contributed by atoms with Crippen molar-refractivity contribution in [2.75, 3.05) is 0 Å². The number of sulfone groups is 1. The molecule has 0 aliphatic rings. The van der Waals surface area contributed by atoms with Crippen LogP contribution in [0.2, 0.25) is 0 Å². The first-order valence-electron chi connectivity index (χ1n) is 5.07. The fourth-order valence-electron chi connectivity index (χ4n) is 1.33. The molecule has 0 atom stereocenters. The van der Waals surface area contributed by atoms with Gasteiger partial charge in [-0.2, -0.15) is 0 Å². The summed E-state index contributed by atoms with van der Waals surface area (Å²) in [6, 6.07) is 4.14. The van der Waals surface area contributed by atoms with Gasteiger partial charge in [-0.3, -0.25) is 10.1 Å². The SMILES string of the molecule is Cc1ccc(S(=O)(=O)C(C)(C)C)c([N+](=O)[O-])c1. The lowest BCUT2D eigenvalue weighted by atomic mass is 10.2. The lowest BCUT2D eigenvalue weighted by Crippen LogP contribution is -2.28. The van der Waals surface area contributed by atoms with E-state index in [0.29, 0.717) is 5.56 Å². The first-order valence-corrected chi connectivity index (χ1v) is 6.55. The highest BCUT2D eigenvalue weighted by Crippen LogP contribution is 2.32. The molecule has 0 fully saturated rings. The minimum Gasteiger partial charge on any atom is -0.258 e. The van der Waals surface area contributed by atoms with Gasteiger partial charge < -0.3 is 0 Å². The summed E-state index contributed by atoms with van der Waals surface area (Å²) in [7, 11) is -3.71. The predicted octanol–water partition coefficient (Wildman–Crippen LogP) is 2.48. The van der Waals surface area contributed by atoms with Crippen LogP contribution in [0.25, 0.3) is 0 Å². The Hall–Kier alpha value is -1.43. The summed E-state index contributed by atoms with van der Waals surface area (Å²) in [4.78, 5) is 10.0. The molecule has 0 aliphatic carbocycles. The summed E-state index contributed by atoms with van der Waals surface area (Å²) in [5, 5.41) is 10.9. The normalized spacial score (nSPS) is 12.5. The first-order chi connectivity index (χ1) is 7.57. The molecule has 0 amide bonds. The molecule has 1 rings (SSSR count). The lowest BCUT2D eigenvalue weighted by molar-refractivity contribution is -0.387. The zero-order valence-corrected chi connectivity index (χ0v) is 11.0. The van der Waals surface area contributed by atoms with Crippen molar-refractivity contribution in [2.45, 2.75) is 37.3 Å². The zero-order valence-electron chi connectivity index (χ0n) is 10.2. The highest BCUT2D eigenvalue weighted by atomic mass is 32.2. The molecular formula is C11H15NO4S. The summed E-state index contributed by atoms with van der Waals surface area (Å²) < 4.78 is 23.3. The summed E-state index contributed by atoms with van der Waals surface area (Å²) in [6.07, 6.45) is 0. The van der Waals surface area contributed by atoms with E-state index in [1.54, 1.807) is 13.0 Å². The maximum Gasteiger partial charge on any atom is 0.288 e. The Morgan fingerprint density at radius 1 is 1.24 bits per heavy atom. The Bertz CT molecular complexity index is 555.